The monoisotopic (exact) mass is 348 g/mol. The summed E-state index contributed by atoms with van der Waals surface area (Å²) >= 11 is 0. The van der Waals surface area contributed by atoms with Crippen LogP contribution in [0.1, 0.15) is 23.1 Å². The summed E-state index contributed by atoms with van der Waals surface area (Å²) in [5, 5.41) is 4.07. The van der Waals surface area contributed by atoms with E-state index in [-0.39, 0.29) is 35.4 Å². The van der Waals surface area contributed by atoms with Crippen LogP contribution in [0, 0.1) is 11.6 Å². The molecule has 1 aromatic carbocycles. The number of esters is 1. The minimum absolute atomic E-state index is 0.0162. The number of aryl methyl sites for hydroxylation is 1. The van der Waals surface area contributed by atoms with Crippen LogP contribution >= 0.6 is 0 Å². The van der Waals surface area contributed by atoms with Gasteiger partial charge in [0.2, 0.25) is 0 Å². The van der Waals surface area contributed by atoms with Crippen molar-refractivity contribution in [2.75, 3.05) is 6.61 Å². The average molecular weight is 348 g/mol. The number of carbonyl (C=O) groups is 1. The van der Waals surface area contributed by atoms with Crippen molar-refractivity contribution in [1.82, 2.24) is 19.7 Å². The summed E-state index contributed by atoms with van der Waals surface area (Å²) in [7, 11) is 1.68. The Hall–Kier alpha value is -3.10. The molecule has 2 heterocycles. The molecule has 0 N–H and O–H groups in total. The lowest BCUT2D eigenvalue weighted by atomic mass is 10.1. The molecule has 3 aromatic rings. The lowest BCUT2D eigenvalue weighted by Gasteiger charge is -2.13. The van der Waals surface area contributed by atoms with Crippen LogP contribution in [0.15, 0.2) is 24.7 Å². The summed E-state index contributed by atoms with van der Waals surface area (Å²) in [4.78, 5) is 20.0. The van der Waals surface area contributed by atoms with Gasteiger partial charge in [0.15, 0.2) is 17.5 Å². The van der Waals surface area contributed by atoms with E-state index in [1.54, 1.807) is 14.0 Å². The standard InChI is InChI=1S/C16H14F2N4O3/c1-3-24-16(23)10-6-19-14-9(4-5-11(17)13(14)18)15(10)25-7-12-20-8-21-22(12)2/h4-6,8H,3,7H2,1-2H3. The Morgan fingerprint density at radius 3 is 2.76 bits per heavy atom. The van der Waals surface area contributed by atoms with Gasteiger partial charge in [0, 0.05) is 18.6 Å². The molecule has 2 aromatic heterocycles. The molecule has 0 aliphatic heterocycles. The first kappa shape index (κ1) is 16.7. The predicted octanol–water partition coefficient (Wildman–Crippen LogP) is 2.40. The molecule has 0 bridgehead atoms. The van der Waals surface area contributed by atoms with Gasteiger partial charge in [-0.25, -0.2) is 18.6 Å². The number of rotatable bonds is 5. The molecule has 9 heteroatoms. The number of carbonyl (C=O) groups excluding carboxylic acids is 1. The van der Waals surface area contributed by atoms with Crippen molar-refractivity contribution in [1.29, 1.82) is 0 Å². The number of aromatic nitrogens is 4. The number of nitrogens with zero attached hydrogens (tertiary/aromatic N) is 4. The zero-order valence-electron chi connectivity index (χ0n) is 13.5. The molecule has 0 spiro atoms. The van der Waals surface area contributed by atoms with Crippen LogP contribution in [0.2, 0.25) is 0 Å². The van der Waals surface area contributed by atoms with Crippen molar-refractivity contribution in [3.8, 4) is 5.75 Å². The number of benzene rings is 1. The fourth-order valence-electron chi connectivity index (χ4n) is 2.28. The number of pyridine rings is 1. The molecule has 130 valence electrons. The smallest absolute Gasteiger partial charge is 0.343 e. The second-order valence-corrected chi connectivity index (χ2v) is 5.07. The summed E-state index contributed by atoms with van der Waals surface area (Å²) in [6, 6.07) is 2.25. The fraction of sp³-hybridized carbons (Fsp3) is 0.250. The van der Waals surface area contributed by atoms with Crippen molar-refractivity contribution in [2.24, 2.45) is 7.05 Å². The molecule has 0 saturated heterocycles. The zero-order valence-corrected chi connectivity index (χ0v) is 13.5. The minimum Gasteiger partial charge on any atom is -0.484 e. The largest absolute Gasteiger partial charge is 0.484 e. The maximum atomic E-state index is 14.0. The molecule has 0 aliphatic rings. The Balaban J connectivity index is 2.10. The van der Waals surface area contributed by atoms with Gasteiger partial charge in [0.05, 0.1) is 6.61 Å². The molecule has 0 unspecified atom stereocenters. The van der Waals surface area contributed by atoms with Gasteiger partial charge in [-0.2, -0.15) is 5.10 Å². The Labute approximate surface area is 141 Å². The van der Waals surface area contributed by atoms with E-state index in [4.69, 9.17) is 9.47 Å². The molecule has 0 amide bonds. The normalized spacial score (nSPS) is 10.9. The number of hydrogen-bond donors (Lipinski definition) is 0. The third-order valence-electron chi connectivity index (χ3n) is 3.53. The lowest BCUT2D eigenvalue weighted by Crippen LogP contribution is -2.11. The summed E-state index contributed by atoms with van der Waals surface area (Å²) in [5.74, 6) is -2.29. The molecule has 7 nitrogen and oxygen atoms in total. The van der Waals surface area contributed by atoms with Crippen LogP contribution in [0.25, 0.3) is 10.9 Å². The molecule has 25 heavy (non-hydrogen) atoms. The molecular weight excluding hydrogens is 334 g/mol. The van der Waals surface area contributed by atoms with E-state index < -0.39 is 17.6 Å². The Kier molecular flexibility index (Phi) is 4.55. The van der Waals surface area contributed by atoms with Crippen LogP contribution in [0.4, 0.5) is 8.78 Å². The van der Waals surface area contributed by atoms with Crippen molar-refractivity contribution in [3.05, 3.63) is 47.7 Å². The van der Waals surface area contributed by atoms with Crippen molar-refractivity contribution >= 4 is 16.9 Å². The maximum Gasteiger partial charge on any atom is 0.343 e. The number of halogens is 2. The van der Waals surface area contributed by atoms with Crippen LogP contribution in [-0.4, -0.2) is 32.3 Å². The van der Waals surface area contributed by atoms with Gasteiger partial charge in [-0.1, -0.05) is 0 Å². The van der Waals surface area contributed by atoms with Gasteiger partial charge < -0.3 is 9.47 Å². The van der Waals surface area contributed by atoms with Gasteiger partial charge >= 0.3 is 5.97 Å². The maximum absolute atomic E-state index is 14.0. The number of fused-ring (bicyclic) bond motifs is 1. The summed E-state index contributed by atoms with van der Waals surface area (Å²) in [5.41, 5.74) is -0.219. The lowest BCUT2D eigenvalue weighted by molar-refractivity contribution is 0.0521. The van der Waals surface area contributed by atoms with Gasteiger partial charge in [0.1, 0.15) is 29.8 Å². The van der Waals surface area contributed by atoms with Gasteiger partial charge in [0.25, 0.3) is 0 Å². The molecular formula is C16H14F2N4O3. The first-order chi connectivity index (χ1) is 12.0. The fourth-order valence-corrected chi connectivity index (χ4v) is 2.28. The second-order valence-electron chi connectivity index (χ2n) is 5.07. The summed E-state index contributed by atoms with van der Waals surface area (Å²) < 4.78 is 39.6. The van der Waals surface area contributed by atoms with Crippen LogP contribution in [-0.2, 0) is 18.4 Å². The highest BCUT2D eigenvalue weighted by molar-refractivity contribution is 5.99. The van der Waals surface area contributed by atoms with Gasteiger partial charge in [-0.3, -0.25) is 9.67 Å². The Morgan fingerprint density at radius 1 is 1.28 bits per heavy atom. The van der Waals surface area contributed by atoms with Crippen molar-refractivity contribution in [2.45, 2.75) is 13.5 Å². The van der Waals surface area contributed by atoms with Crippen molar-refractivity contribution in [3.63, 3.8) is 0 Å². The Morgan fingerprint density at radius 2 is 2.08 bits per heavy atom. The van der Waals surface area contributed by atoms with Crippen molar-refractivity contribution < 1.29 is 23.0 Å². The van der Waals surface area contributed by atoms with E-state index in [1.807, 2.05) is 0 Å². The SMILES string of the molecule is CCOC(=O)c1cnc2c(F)c(F)ccc2c1OCc1ncnn1C. The highest BCUT2D eigenvalue weighted by Crippen LogP contribution is 2.31. The topological polar surface area (TPSA) is 79.1 Å². The molecule has 0 aliphatic carbocycles. The first-order valence-corrected chi connectivity index (χ1v) is 7.42. The van der Waals surface area contributed by atoms with E-state index in [0.717, 1.165) is 12.3 Å². The zero-order chi connectivity index (χ0) is 18.0. The van der Waals surface area contributed by atoms with Gasteiger partial charge in [-0.05, 0) is 19.1 Å². The highest BCUT2D eigenvalue weighted by atomic mass is 19.2. The van der Waals surface area contributed by atoms with Crippen LogP contribution in [0.5, 0.6) is 5.75 Å². The first-order valence-electron chi connectivity index (χ1n) is 7.42. The van der Waals surface area contributed by atoms with E-state index in [2.05, 4.69) is 15.1 Å². The van der Waals surface area contributed by atoms with E-state index in [0.29, 0.717) is 5.82 Å². The quantitative estimate of drug-likeness (QED) is 0.659. The summed E-state index contributed by atoms with van der Waals surface area (Å²) in [6.45, 7) is 1.78. The molecule has 0 fully saturated rings. The Bertz CT molecular complexity index is 943. The van der Waals surface area contributed by atoms with E-state index >= 15 is 0 Å². The molecule has 3 rings (SSSR count). The number of hydrogen-bond acceptors (Lipinski definition) is 6. The second kappa shape index (κ2) is 6.80. The molecule has 0 saturated carbocycles. The van der Waals surface area contributed by atoms with Crippen LogP contribution in [0.3, 0.4) is 0 Å². The minimum atomic E-state index is -1.11. The van der Waals surface area contributed by atoms with E-state index in [1.165, 1.54) is 17.1 Å². The number of ether oxygens (including phenoxy) is 2. The summed E-state index contributed by atoms with van der Waals surface area (Å²) in [6.07, 6.45) is 2.46. The van der Waals surface area contributed by atoms with Crippen LogP contribution < -0.4 is 4.74 Å². The average Bonchev–Trinajstić information content (AvgIpc) is 3.01. The molecule has 0 atom stereocenters. The van der Waals surface area contributed by atoms with E-state index in [9.17, 15) is 13.6 Å². The van der Waals surface area contributed by atoms with Gasteiger partial charge in [-0.15, -0.1) is 0 Å². The highest BCUT2D eigenvalue weighted by Gasteiger charge is 2.21. The third kappa shape index (κ3) is 3.12. The third-order valence-corrected chi connectivity index (χ3v) is 3.53. The molecule has 0 radical (unpaired) electrons. The predicted molar refractivity (Wildman–Crippen MR) is 83.0 cm³/mol.